The Morgan fingerprint density at radius 1 is 1.16 bits per heavy atom. The Bertz CT molecular complexity index is 840. The molecule has 0 aromatic heterocycles. The normalized spacial score (nSPS) is 18.6. The number of thioether (sulfide) groups is 1. The predicted octanol–water partition coefficient (Wildman–Crippen LogP) is 4.95. The molecule has 0 atom stereocenters. The Hall–Kier alpha value is -1.95. The van der Waals surface area contributed by atoms with Crippen LogP contribution in [-0.4, -0.2) is 47.3 Å². The van der Waals surface area contributed by atoms with E-state index in [0.29, 0.717) is 6.42 Å². The molecule has 0 N–H and O–H groups in total. The zero-order valence-electron chi connectivity index (χ0n) is 16.4. The van der Waals surface area contributed by atoms with Gasteiger partial charge in [-0.3, -0.25) is 14.5 Å². The van der Waals surface area contributed by atoms with Crippen LogP contribution in [0.1, 0.15) is 36.5 Å². The van der Waals surface area contributed by atoms with Crippen LogP contribution in [0, 0.1) is 0 Å². The minimum Gasteiger partial charge on any atom is -0.493 e. The van der Waals surface area contributed by atoms with E-state index >= 15 is 0 Å². The Morgan fingerprint density at radius 3 is 2.39 bits per heavy atom. The van der Waals surface area contributed by atoms with Crippen LogP contribution in [0.4, 0.5) is 31.1 Å². The predicted molar refractivity (Wildman–Crippen MR) is 98.7 cm³/mol. The van der Waals surface area contributed by atoms with Gasteiger partial charge in [-0.1, -0.05) is 31.2 Å². The van der Waals surface area contributed by atoms with Gasteiger partial charge in [0, 0.05) is 17.7 Å². The summed E-state index contributed by atoms with van der Waals surface area (Å²) in [5.74, 6) is -0.0736. The summed E-state index contributed by atoms with van der Waals surface area (Å²) in [7, 11) is 0. The quantitative estimate of drug-likeness (QED) is 0.416. The molecule has 2 aliphatic rings. The van der Waals surface area contributed by atoms with Crippen LogP contribution in [0.2, 0.25) is 0 Å². The number of imide groups is 1. The highest BCUT2D eigenvalue weighted by molar-refractivity contribution is 8.14. The van der Waals surface area contributed by atoms with E-state index in [1.54, 1.807) is 6.92 Å². The molecule has 1 aromatic rings. The summed E-state index contributed by atoms with van der Waals surface area (Å²) in [5, 5.41) is -0.359. The first-order valence-corrected chi connectivity index (χ1v) is 10.4. The van der Waals surface area contributed by atoms with Crippen molar-refractivity contribution in [1.82, 2.24) is 4.90 Å². The molecule has 2 aliphatic heterocycles. The minimum absolute atomic E-state index is 0.0295. The number of carbonyl (C=O) groups is 2. The summed E-state index contributed by atoms with van der Waals surface area (Å²) in [6, 6.07) is 1.84. The van der Waals surface area contributed by atoms with Gasteiger partial charge < -0.3 is 9.47 Å². The summed E-state index contributed by atoms with van der Waals surface area (Å²) in [6.07, 6.45) is -10.4. The Morgan fingerprint density at radius 2 is 1.84 bits per heavy atom. The summed E-state index contributed by atoms with van der Waals surface area (Å²) in [4.78, 5) is 24.2. The third-order valence-corrected chi connectivity index (χ3v) is 5.98. The van der Waals surface area contributed by atoms with Crippen molar-refractivity contribution in [2.75, 3.05) is 18.9 Å². The molecule has 0 radical (unpaired) electrons. The smallest absolute Gasteiger partial charge is 0.430 e. The molecule has 0 bridgehead atoms. The lowest BCUT2D eigenvalue weighted by molar-refractivity contribution is -0.385. The Balaban J connectivity index is 1.83. The maximum atomic E-state index is 13.5. The highest BCUT2D eigenvalue weighted by atomic mass is 32.2. The van der Waals surface area contributed by atoms with Crippen molar-refractivity contribution >= 4 is 22.9 Å². The van der Waals surface area contributed by atoms with Crippen molar-refractivity contribution < 1.29 is 45.4 Å². The zero-order valence-corrected chi connectivity index (χ0v) is 17.2. The molecule has 2 amide bonds. The fourth-order valence-electron chi connectivity index (χ4n) is 3.72. The lowest BCUT2D eigenvalue weighted by atomic mass is 9.87. The number of nitrogens with zero attached hydrogens (tertiary/aromatic N) is 1. The molecule has 2 heterocycles. The molecule has 0 saturated carbocycles. The van der Waals surface area contributed by atoms with Crippen LogP contribution < -0.4 is 4.74 Å². The topological polar surface area (TPSA) is 55.8 Å². The van der Waals surface area contributed by atoms with Crippen LogP contribution in [0.3, 0.4) is 0 Å². The van der Waals surface area contributed by atoms with Gasteiger partial charge in [-0.05, 0) is 24.5 Å². The number of halogens is 6. The van der Waals surface area contributed by atoms with E-state index in [2.05, 4.69) is 4.74 Å². The van der Waals surface area contributed by atoms with E-state index in [-0.39, 0.29) is 59.8 Å². The fraction of sp³-hybridized carbons (Fsp3) is 0.579. The van der Waals surface area contributed by atoms with Crippen molar-refractivity contribution in [2.24, 2.45) is 0 Å². The standard InChI is InChI=1S/C19H19F6NO4S/c1-2-4-11-12-9-30-17(18(20,21)22,19(23,24)25)13(12)5-6-14(11)29-8-3-7-26-15(27)10-31-16(26)28/h5-6H,2-4,7-10H2,1H3. The van der Waals surface area contributed by atoms with Crippen molar-refractivity contribution in [2.45, 2.75) is 50.7 Å². The van der Waals surface area contributed by atoms with E-state index in [9.17, 15) is 35.9 Å². The van der Waals surface area contributed by atoms with Gasteiger partial charge in [0.05, 0.1) is 19.0 Å². The fourth-order valence-corrected chi connectivity index (χ4v) is 4.47. The number of alkyl halides is 6. The molecule has 1 fully saturated rings. The first kappa shape index (κ1) is 23.7. The summed E-state index contributed by atoms with van der Waals surface area (Å²) < 4.78 is 91.2. The third-order valence-electron chi connectivity index (χ3n) is 5.12. The van der Waals surface area contributed by atoms with E-state index in [1.807, 2.05) is 0 Å². The first-order chi connectivity index (χ1) is 14.4. The average molecular weight is 471 g/mol. The number of carbonyl (C=O) groups excluding carboxylic acids is 2. The second-order valence-electron chi connectivity index (χ2n) is 7.09. The molecule has 12 heteroatoms. The Kier molecular flexibility index (Phi) is 6.52. The molecule has 172 valence electrons. The SMILES string of the molecule is CCCc1c(OCCCN2C(=O)CSC2=O)ccc2c1COC2(C(F)(F)F)C(F)(F)F. The number of hydrogen-bond acceptors (Lipinski definition) is 5. The number of ether oxygens (including phenoxy) is 2. The maximum Gasteiger partial charge on any atom is 0.430 e. The first-order valence-electron chi connectivity index (χ1n) is 9.46. The molecule has 31 heavy (non-hydrogen) atoms. The number of amides is 2. The highest BCUT2D eigenvalue weighted by Crippen LogP contribution is 2.58. The summed E-state index contributed by atoms with van der Waals surface area (Å²) in [5.41, 5.74) is -5.27. The van der Waals surface area contributed by atoms with Gasteiger partial charge in [-0.15, -0.1) is 0 Å². The largest absolute Gasteiger partial charge is 0.493 e. The Labute approximate surface area is 178 Å². The van der Waals surface area contributed by atoms with Crippen LogP contribution in [0.25, 0.3) is 0 Å². The number of benzene rings is 1. The van der Waals surface area contributed by atoms with E-state index in [4.69, 9.17) is 4.74 Å². The third kappa shape index (κ3) is 4.11. The maximum absolute atomic E-state index is 13.5. The van der Waals surface area contributed by atoms with Crippen LogP contribution in [0.5, 0.6) is 5.75 Å². The van der Waals surface area contributed by atoms with Gasteiger partial charge in [0.15, 0.2) is 0 Å². The minimum atomic E-state index is -5.69. The molecule has 0 unspecified atom stereocenters. The number of hydrogen-bond donors (Lipinski definition) is 0. The molecule has 1 saturated heterocycles. The summed E-state index contributed by atoms with van der Waals surface area (Å²) >= 11 is 0.893. The van der Waals surface area contributed by atoms with Crippen molar-refractivity contribution in [3.05, 3.63) is 28.8 Å². The second-order valence-corrected chi connectivity index (χ2v) is 8.01. The lowest BCUT2D eigenvalue weighted by Gasteiger charge is -2.33. The van der Waals surface area contributed by atoms with Gasteiger partial charge in [-0.25, -0.2) is 0 Å². The second kappa shape index (κ2) is 8.53. The molecule has 5 nitrogen and oxygen atoms in total. The molecule has 1 aromatic carbocycles. The molecule has 0 spiro atoms. The van der Waals surface area contributed by atoms with Crippen LogP contribution in [-0.2, 0) is 28.2 Å². The van der Waals surface area contributed by atoms with E-state index < -0.39 is 30.1 Å². The monoisotopic (exact) mass is 471 g/mol. The van der Waals surface area contributed by atoms with Gasteiger partial charge in [0.2, 0.25) is 5.91 Å². The van der Waals surface area contributed by atoms with Crippen molar-refractivity contribution in [3.8, 4) is 5.75 Å². The van der Waals surface area contributed by atoms with Gasteiger partial charge in [0.1, 0.15) is 5.75 Å². The molecular weight excluding hydrogens is 452 g/mol. The van der Waals surface area contributed by atoms with E-state index in [1.165, 1.54) is 0 Å². The van der Waals surface area contributed by atoms with Crippen LogP contribution in [0.15, 0.2) is 12.1 Å². The lowest BCUT2D eigenvalue weighted by Crippen LogP contribution is -2.53. The zero-order chi connectivity index (χ0) is 23.0. The van der Waals surface area contributed by atoms with Crippen molar-refractivity contribution in [1.29, 1.82) is 0 Å². The molecular formula is C19H19F6NO4S. The van der Waals surface area contributed by atoms with Crippen molar-refractivity contribution in [3.63, 3.8) is 0 Å². The average Bonchev–Trinajstić information content (AvgIpc) is 3.21. The summed E-state index contributed by atoms with van der Waals surface area (Å²) in [6.45, 7) is 1.05. The van der Waals surface area contributed by atoms with Crippen LogP contribution >= 0.6 is 11.8 Å². The van der Waals surface area contributed by atoms with Gasteiger partial charge in [-0.2, -0.15) is 26.3 Å². The highest BCUT2D eigenvalue weighted by Gasteiger charge is 2.75. The van der Waals surface area contributed by atoms with Gasteiger partial charge in [0.25, 0.3) is 10.8 Å². The van der Waals surface area contributed by atoms with E-state index in [0.717, 1.165) is 28.8 Å². The molecule has 0 aliphatic carbocycles. The number of rotatable bonds is 7. The molecule has 3 rings (SSSR count). The van der Waals surface area contributed by atoms with Gasteiger partial charge >= 0.3 is 12.4 Å². The number of fused-ring (bicyclic) bond motifs is 1.